The van der Waals surface area contributed by atoms with E-state index in [1.807, 2.05) is 67.6 Å². The van der Waals surface area contributed by atoms with Gasteiger partial charge in [-0.15, -0.1) is 0 Å². The van der Waals surface area contributed by atoms with Gasteiger partial charge < -0.3 is 20.1 Å². The van der Waals surface area contributed by atoms with Gasteiger partial charge in [0.1, 0.15) is 11.5 Å². The molecule has 0 aliphatic heterocycles. The second-order valence-corrected chi connectivity index (χ2v) is 7.17. The quantitative estimate of drug-likeness (QED) is 0.552. The predicted octanol–water partition coefficient (Wildman–Crippen LogP) is 4.48. The molecule has 3 rings (SSSR count). The SMILES string of the molecule is COc1ccc(OC)c(CNc2ccc(CC(=O)NCc3cccc(C)c3)cc2)c1. The standard InChI is InChI=1S/C25H28N2O3/c1-18-5-4-6-20(13-18)16-27-25(28)14-19-7-9-22(10-8-19)26-17-21-15-23(29-2)11-12-24(21)30-3/h4-13,15,26H,14,16-17H2,1-3H3,(H,27,28). The number of rotatable bonds is 9. The van der Waals surface area contributed by atoms with Crippen molar-refractivity contribution in [2.24, 2.45) is 0 Å². The number of ether oxygens (including phenoxy) is 2. The highest BCUT2D eigenvalue weighted by Crippen LogP contribution is 2.25. The molecule has 0 saturated carbocycles. The minimum absolute atomic E-state index is 0.0123. The first-order valence-corrected chi connectivity index (χ1v) is 9.93. The van der Waals surface area contributed by atoms with Crippen molar-refractivity contribution in [2.45, 2.75) is 26.4 Å². The van der Waals surface area contributed by atoms with Gasteiger partial charge >= 0.3 is 0 Å². The Morgan fingerprint density at radius 2 is 1.67 bits per heavy atom. The summed E-state index contributed by atoms with van der Waals surface area (Å²) in [4.78, 5) is 12.2. The third kappa shape index (κ3) is 6.01. The van der Waals surface area contributed by atoms with Gasteiger partial charge in [-0.05, 0) is 48.4 Å². The molecule has 5 nitrogen and oxygen atoms in total. The van der Waals surface area contributed by atoms with Gasteiger partial charge in [0.05, 0.1) is 20.6 Å². The Balaban J connectivity index is 1.52. The molecule has 156 valence electrons. The number of methoxy groups -OCH3 is 2. The molecule has 0 fully saturated rings. The van der Waals surface area contributed by atoms with Gasteiger partial charge in [-0.3, -0.25) is 4.79 Å². The number of nitrogens with one attached hydrogen (secondary N) is 2. The van der Waals surface area contributed by atoms with E-state index in [2.05, 4.69) is 16.7 Å². The molecule has 1 amide bonds. The van der Waals surface area contributed by atoms with Crippen LogP contribution in [0.15, 0.2) is 66.7 Å². The van der Waals surface area contributed by atoms with Crippen LogP contribution >= 0.6 is 0 Å². The molecule has 3 aromatic rings. The molecule has 0 aliphatic carbocycles. The summed E-state index contributed by atoms with van der Waals surface area (Å²) < 4.78 is 10.7. The monoisotopic (exact) mass is 404 g/mol. The molecule has 0 heterocycles. The van der Waals surface area contributed by atoms with Crippen molar-refractivity contribution in [3.05, 3.63) is 89.0 Å². The molecule has 0 unspecified atom stereocenters. The molecule has 0 aromatic heterocycles. The van der Waals surface area contributed by atoms with Gasteiger partial charge in [-0.25, -0.2) is 0 Å². The maximum atomic E-state index is 12.2. The summed E-state index contributed by atoms with van der Waals surface area (Å²) in [6.45, 7) is 3.20. The normalized spacial score (nSPS) is 10.4. The summed E-state index contributed by atoms with van der Waals surface area (Å²) in [5.41, 5.74) is 5.26. The molecule has 0 aliphatic rings. The fourth-order valence-electron chi connectivity index (χ4n) is 3.23. The number of carbonyl (C=O) groups is 1. The zero-order valence-electron chi connectivity index (χ0n) is 17.7. The Bertz CT molecular complexity index is 984. The number of anilines is 1. The first-order chi connectivity index (χ1) is 14.6. The lowest BCUT2D eigenvalue weighted by Crippen LogP contribution is -2.24. The zero-order chi connectivity index (χ0) is 21.3. The molecule has 30 heavy (non-hydrogen) atoms. The number of amides is 1. The first kappa shape index (κ1) is 21.2. The van der Waals surface area contributed by atoms with E-state index in [4.69, 9.17) is 9.47 Å². The number of hydrogen-bond acceptors (Lipinski definition) is 4. The van der Waals surface area contributed by atoms with Crippen molar-refractivity contribution in [1.29, 1.82) is 0 Å². The Morgan fingerprint density at radius 3 is 2.37 bits per heavy atom. The molecule has 2 N–H and O–H groups in total. The average Bonchev–Trinajstić information content (AvgIpc) is 2.77. The highest BCUT2D eigenvalue weighted by Gasteiger charge is 2.06. The van der Waals surface area contributed by atoms with Crippen LogP contribution in [0.4, 0.5) is 5.69 Å². The molecule has 0 radical (unpaired) electrons. The third-order valence-electron chi connectivity index (χ3n) is 4.86. The summed E-state index contributed by atoms with van der Waals surface area (Å²) in [5, 5.41) is 6.36. The molecule has 5 heteroatoms. The third-order valence-corrected chi connectivity index (χ3v) is 4.86. The van der Waals surface area contributed by atoms with Gasteiger partial charge in [0, 0.05) is 24.3 Å². The lowest BCUT2D eigenvalue weighted by molar-refractivity contribution is -0.120. The highest BCUT2D eigenvalue weighted by atomic mass is 16.5. The van der Waals surface area contributed by atoms with E-state index in [9.17, 15) is 4.79 Å². The smallest absolute Gasteiger partial charge is 0.224 e. The molecular weight excluding hydrogens is 376 g/mol. The molecule has 0 atom stereocenters. The van der Waals surface area contributed by atoms with Crippen LogP contribution in [0, 0.1) is 6.92 Å². The zero-order valence-corrected chi connectivity index (χ0v) is 17.7. The Kier molecular flexibility index (Phi) is 7.33. The Morgan fingerprint density at radius 1 is 0.867 bits per heavy atom. The van der Waals surface area contributed by atoms with Gasteiger partial charge in [-0.1, -0.05) is 42.0 Å². The van der Waals surface area contributed by atoms with Crippen molar-refractivity contribution < 1.29 is 14.3 Å². The second kappa shape index (κ2) is 10.3. The molecule has 0 spiro atoms. The van der Waals surface area contributed by atoms with E-state index in [-0.39, 0.29) is 5.91 Å². The highest BCUT2D eigenvalue weighted by molar-refractivity contribution is 5.78. The predicted molar refractivity (Wildman–Crippen MR) is 120 cm³/mol. The maximum Gasteiger partial charge on any atom is 0.224 e. The minimum atomic E-state index is 0.0123. The van der Waals surface area contributed by atoms with Gasteiger partial charge in [0.25, 0.3) is 0 Å². The lowest BCUT2D eigenvalue weighted by atomic mass is 10.1. The summed E-state index contributed by atoms with van der Waals surface area (Å²) in [6, 6.07) is 21.8. The fourth-order valence-corrected chi connectivity index (χ4v) is 3.23. The van der Waals surface area contributed by atoms with Crippen molar-refractivity contribution in [1.82, 2.24) is 5.32 Å². The van der Waals surface area contributed by atoms with E-state index in [1.165, 1.54) is 5.56 Å². The van der Waals surface area contributed by atoms with Crippen LogP contribution in [0.2, 0.25) is 0 Å². The summed E-state index contributed by atoms with van der Waals surface area (Å²) in [5.74, 6) is 1.61. The number of aryl methyl sites for hydroxylation is 1. The lowest BCUT2D eigenvalue weighted by Gasteiger charge is -2.12. The topological polar surface area (TPSA) is 59.6 Å². The molecule has 3 aromatic carbocycles. The summed E-state index contributed by atoms with van der Waals surface area (Å²) in [6.07, 6.45) is 0.357. The van der Waals surface area contributed by atoms with E-state index in [0.29, 0.717) is 19.5 Å². The van der Waals surface area contributed by atoms with Gasteiger partial charge in [0.2, 0.25) is 5.91 Å². The van der Waals surface area contributed by atoms with Crippen molar-refractivity contribution in [2.75, 3.05) is 19.5 Å². The molecule has 0 saturated heterocycles. The Hall–Kier alpha value is -3.47. The number of hydrogen-bond donors (Lipinski definition) is 2. The second-order valence-electron chi connectivity index (χ2n) is 7.17. The van der Waals surface area contributed by atoms with E-state index >= 15 is 0 Å². The van der Waals surface area contributed by atoms with Crippen LogP contribution in [-0.4, -0.2) is 20.1 Å². The Labute approximate surface area is 178 Å². The summed E-state index contributed by atoms with van der Waals surface area (Å²) >= 11 is 0. The van der Waals surface area contributed by atoms with Crippen molar-refractivity contribution in [3.8, 4) is 11.5 Å². The molecule has 0 bridgehead atoms. The largest absolute Gasteiger partial charge is 0.497 e. The van der Waals surface area contributed by atoms with Gasteiger partial charge in [0.15, 0.2) is 0 Å². The summed E-state index contributed by atoms with van der Waals surface area (Å²) in [7, 11) is 3.30. The fraction of sp³-hybridized carbons (Fsp3) is 0.240. The first-order valence-electron chi connectivity index (χ1n) is 9.93. The van der Waals surface area contributed by atoms with Crippen LogP contribution in [0.1, 0.15) is 22.3 Å². The van der Waals surface area contributed by atoms with E-state index in [1.54, 1.807) is 14.2 Å². The van der Waals surface area contributed by atoms with Crippen LogP contribution in [0.25, 0.3) is 0 Å². The average molecular weight is 405 g/mol. The van der Waals surface area contributed by atoms with E-state index < -0.39 is 0 Å². The van der Waals surface area contributed by atoms with Crippen LogP contribution in [0.5, 0.6) is 11.5 Å². The van der Waals surface area contributed by atoms with Crippen molar-refractivity contribution >= 4 is 11.6 Å². The number of benzene rings is 3. The number of carbonyl (C=O) groups excluding carboxylic acids is 1. The van der Waals surface area contributed by atoms with Gasteiger partial charge in [-0.2, -0.15) is 0 Å². The van der Waals surface area contributed by atoms with Crippen LogP contribution in [-0.2, 0) is 24.3 Å². The van der Waals surface area contributed by atoms with Crippen LogP contribution in [0.3, 0.4) is 0 Å². The van der Waals surface area contributed by atoms with Crippen LogP contribution < -0.4 is 20.1 Å². The minimum Gasteiger partial charge on any atom is -0.497 e. The molecular formula is C25H28N2O3. The van der Waals surface area contributed by atoms with E-state index in [0.717, 1.165) is 33.9 Å². The maximum absolute atomic E-state index is 12.2. The van der Waals surface area contributed by atoms with Crippen molar-refractivity contribution in [3.63, 3.8) is 0 Å².